The third-order valence-electron chi connectivity index (χ3n) is 3.33. The van der Waals surface area contributed by atoms with E-state index in [0.29, 0.717) is 11.6 Å². The van der Waals surface area contributed by atoms with E-state index >= 15 is 0 Å². The van der Waals surface area contributed by atoms with Crippen molar-refractivity contribution in [3.8, 4) is 5.95 Å². The van der Waals surface area contributed by atoms with Crippen molar-refractivity contribution in [3.63, 3.8) is 0 Å². The van der Waals surface area contributed by atoms with Gasteiger partial charge < -0.3 is 5.32 Å². The van der Waals surface area contributed by atoms with Crippen LogP contribution in [-0.4, -0.2) is 25.7 Å². The van der Waals surface area contributed by atoms with Crippen molar-refractivity contribution in [1.29, 1.82) is 0 Å². The molecule has 0 atom stereocenters. The van der Waals surface area contributed by atoms with Crippen molar-refractivity contribution in [3.05, 3.63) is 71.8 Å². The van der Waals surface area contributed by atoms with E-state index in [1.807, 2.05) is 50.2 Å². The third-order valence-corrected chi connectivity index (χ3v) is 3.33. The fraction of sp³-hybridized carbons (Fsp3) is 0.111. The van der Waals surface area contributed by atoms with Crippen molar-refractivity contribution in [1.82, 2.24) is 19.7 Å². The molecule has 24 heavy (non-hydrogen) atoms. The number of aryl methyl sites for hydroxylation is 2. The SMILES string of the molecule is Cc1cc(C)n(-c2ncc(NC(=O)/C=C/c3ccccc3)cn2)n1. The summed E-state index contributed by atoms with van der Waals surface area (Å²) in [5, 5.41) is 7.06. The molecule has 0 unspecified atom stereocenters. The van der Waals surface area contributed by atoms with Gasteiger partial charge in [0.15, 0.2) is 0 Å². The van der Waals surface area contributed by atoms with E-state index in [-0.39, 0.29) is 5.91 Å². The zero-order chi connectivity index (χ0) is 16.9. The third kappa shape index (κ3) is 3.73. The van der Waals surface area contributed by atoms with Crippen LogP contribution in [0.1, 0.15) is 17.0 Å². The Balaban J connectivity index is 1.67. The molecule has 0 aliphatic carbocycles. The molecule has 3 rings (SSSR count). The summed E-state index contributed by atoms with van der Waals surface area (Å²) in [7, 11) is 0. The van der Waals surface area contributed by atoms with Crippen molar-refractivity contribution in [2.75, 3.05) is 5.32 Å². The van der Waals surface area contributed by atoms with Crippen LogP contribution in [0.5, 0.6) is 0 Å². The Morgan fingerprint density at radius 3 is 2.46 bits per heavy atom. The molecule has 2 aromatic heterocycles. The lowest BCUT2D eigenvalue weighted by molar-refractivity contribution is -0.111. The second kappa shape index (κ2) is 6.87. The summed E-state index contributed by atoms with van der Waals surface area (Å²) in [6.45, 7) is 3.85. The van der Waals surface area contributed by atoms with Gasteiger partial charge in [0, 0.05) is 11.8 Å². The summed E-state index contributed by atoms with van der Waals surface area (Å²) in [6.07, 6.45) is 6.35. The molecular formula is C18H17N5O. The van der Waals surface area contributed by atoms with Crippen molar-refractivity contribution < 1.29 is 4.79 Å². The number of benzene rings is 1. The average Bonchev–Trinajstić information content (AvgIpc) is 2.93. The van der Waals surface area contributed by atoms with Gasteiger partial charge in [-0.2, -0.15) is 5.10 Å². The molecule has 1 N–H and O–H groups in total. The lowest BCUT2D eigenvalue weighted by Gasteiger charge is -2.04. The van der Waals surface area contributed by atoms with Crippen LogP contribution in [-0.2, 0) is 4.79 Å². The lowest BCUT2D eigenvalue weighted by Crippen LogP contribution is -2.10. The summed E-state index contributed by atoms with van der Waals surface area (Å²) in [5.41, 5.74) is 3.35. The maximum Gasteiger partial charge on any atom is 0.250 e. The highest BCUT2D eigenvalue weighted by Crippen LogP contribution is 2.10. The van der Waals surface area contributed by atoms with Gasteiger partial charge in [0.1, 0.15) is 0 Å². The van der Waals surface area contributed by atoms with Gasteiger partial charge in [0.25, 0.3) is 5.95 Å². The molecule has 0 saturated heterocycles. The number of carbonyl (C=O) groups excluding carboxylic acids is 1. The van der Waals surface area contributed by atoms with Crippen LogP contribution < -0.4 is 5.32 Å². The minimum atomic E-state index is -0.235. The van der Waals surface area contributed by atoms with Gasteiger partial charge in [0.05, 0.1) is 23.8 Å². The molecule has 0 fully saturated rings. The van der Waals surface area contributed by atoms with Gasteiger partial charge in [-0.3, -0.25) is 4.79 Å². The lowest BCUT2D eigenvalue weighted by atomic mass is 10.2. The summed E-state index contributed by atoms with van der Waals surface area (Å²) in [6, 6.07) is 11.6. The van der Waals surface area contributed by atoms with Gasteiger partial charge in [-0.15, -0.1) is 0 Å². The van der Waals surface area contributed by atoms with E-state index in [1.54, 1.807) is 23.2 Å². The Bertz CT molecular complexity index is 866. The molecule has 6 heteroatoms. The summed E-state index contributed by atoms with van der Waals surface area (Å²) < 4.78 is 1.66. The Morgan fingerprint density at radius 2 is 1.83 bits per heavy atom. The number of hydrogen-bond acceptors (Lipinski definition) is 4. The van der Waals surface area contributed by atoms with Crippen molar-refractivity contribution in [2.45, 2.75) is 13.8 Å². The standard InChI is InChI=1S/C18H17N5O/c1-13-10-14(2)23(22-13)18-19-11-16(12-20-18)21-17(24)9-8-15-6-4-3-5-7-15/h3-12H,1-2H3,(H,21,24)/b9-8+. The summed E-state index contributed by atoms with van der Waals surface area (Å²) in [5.74, 6) is 0.236. The number of nitrogens with zero attached hydrogens (tertiary/aromatic N) is 4. The van der Waals surface area contributed by atoms with Crippen molar-refractivity contribution in [2.24, 2.45) is 0 Å². The van der Waals surface area contributed by atoms with Crippen LogP contribution in [0.4, 0.5) is 5.69 Å². The van der Waals surface area contributed by atoms with E-state index < -0.39 is 0 Å². The molecule has 2 heterocycles. The van der Waals surface area contributed by atoms with Gasteiger partial charge in [-0.05, 0) is 31.6 Å². The molecule has 0 bridgehead atoms. The van der Waals surface area contributed by atoms with E-state index in [9.17, 15) is 4.79 Å². The van der Waals surface area contributed by atoms with E-state index in [4.69, 9.17) is 0 Å². The molecular weight excluding hydrogens is 302 g/mol. The first-order chi connectivity index (χ1) is 11.6. The number of anilines is 1. The average molecular weight is 319 g/mol. The highest BCUT2D eigenvalue weighted by atomic mass is 16.1. The van der Waals surface area contributed by atoms with E-state index in [0.717, 1.165) is 17.0 Å². The smallest absolute Gasteiger partial charge is 0.250 e. The van der Waals surface area contributed by atoms with E-state index in [1.165, 1.54) is 6.08 Å². The summed E-state index contributed by atoms with van der Waals surface area (Å²) in [4.78, 5) is 20.4. The quantitative estimate of drug-likeness (QED) is 0.750. The number of aromatic nitrogens is 4. The largest absolute Gasteiger partial charge is 0.320 e. The molecule has 0 radical (unpaired) electrons. The van der Waals surface area contributed by atoms with Gasteiger partial charge in [-0.25, -0.2) is 14.6 Å². The topological polar surface area (TPSA) is 72.7 Å². The molecule has 6 nitrogen and oxygen atoms in total. The second-order valence-electron chi connectivity index (χ2n) is 5.34. The Kier molecular flexibility index (Phi) is 4.47. The Hall–Kier alpha value is -3.28. The van der Waals surface area contributed by atoms with Gasteiger partial charge in [-0.1, -0.05) is 30.3 Å². The monoisotopic (exact) mass is 319 g/mol. The molecule has 0 spiro atoms. The van der Waals surface area contributed by atoms with Crippen LogP contribution in [0, 0.1) is 13.8 Å². The first-order valence-electron chi connectivity index (χ1n) is 7.51. The number of carbonyl (C=O) groups is 1. The Morgan fingerprint density at radius 1 is 1.12 bits per heavy atom. The molecule has 0 aliphatic rings. The van der Waals surface area contributed by atoms with Crippen LogP contribution in [0.25, 0.3) is 12.0 Å². The van der Waals surface area contributed by atoms with Gasteiger partial charge in [0.2, 0.25) is 5.91 Å². The predicted octanol–water partition coefficient (Wildman–Crippen LogP) is 2.93. The minimum absolute atomic E-state index is 0.235. The maximum atomic E-state index is 11.9. The minimum Gasteiger partial charge on any atom is -0.320 e. The molecule has 1 amide bonds. The number of amides is 1. The number of rotatable bonds is 4. The fourth-order valence-corrected chi connectivity index (χ4v) is 2.25. The zero-order valence-electron chi connectivity index (χ0n) is 13.5. The molecule has 120 valence electrons. The molecule has 0 saturated carbocycles. The van der Waals surface area contributed by atoms with Crippen LogP contribution >= 0.6 is 0 Å². The van der Waals surface area contributed by atoms with Crippen LogP contribution in [0.3, 0.4) is 0 Å². The van der Waals surface area contributed by atoms with Crippen molar-refractivity contribution >= 4 is 17.7 Å². The Labute approximate surface area is 139 Å². The van der Waals surface area contributed by atoms with E-state index in [2.05, 4.69) is 20.4 Å². The zero-order valence-corrected chi connectivity index (χ0v) is 13.5. The highest BCUT2D eigenvalue weighted by molar-refractivity contribution is 6.01. The normalized spacial score (nSPS) is 10.9. The number of nitrogens with one attached hydrogen (secondary N) is 1. The molecule has 3 aromatic rings. The highest BCUT2D eigenvalue weighted by Gasteiger charge is 2.07. The molecule has 0 aliphatic heterocycles. The maximum absolute atomic E-state index is 11.9. The first-order valence-corrected chi connectivity index (χ1v) is 7.51. The fourth-order valence-electron chi connectivity index (χ4n) is 2.25. The second-order valence-corrected chi connectivity index (χ2v) is 5.34. The summed E-state index contributed by atoms with van der Waals surface area (Å²) >= 11 is 0. The van der Waals surface area contributed by atoms with Crippen LogP contribution in [0.2, 0.25) is 0 Å². The van der Waals surface area contributed by atoms with Gasteiger partial charge >= 0.3 is 0 Å². The number of hydrogen-bond donors (Lipinski definition) is 1. The predicted molar refractivity (Wildman–Crippen MR) is 92.7 cm³/mol. The van der Waals surface area contributed by atoms with Crippen LogP contribution in [0.15, 0.2) is 54.9 Å². The molecule has 1 aromatic carbocycles. The first kappa shape index (κ1) is 15.6.